The molecular formula is C14H19F3N2. The van der Waals surface area contributed by atoms with Gasteiger partial charge in [-0.3, -0.25) is 0 Å². The topological polar surface area (TPSA) is 15.3 Å². The SMILES string of the molecule is CNC1CCN(c2c(F)cc(F)cc2F)C(C)C1C. The van der Waals surface area contributed by atoms with Gasteiger partial charge in [0, 0.05) is 30.8 Å². The summed E-state index contributed by atoms with van der Waals surface area (Å²) in [6, 6.07) is 1.79. The van der Waals surface area contributed by atoms with Crippen LogP contribution in [0.3, 0.4) is 0 Å². The van der Waals surface area contributed by atoms with Gasteiger partial charge in [-0.15, -0.1) is 0 Å². The minimum atomic E-state index is -0.885. The zero-order valence-electron chi connectivity index (χ0n) is 11.4. The average molecular weight is 272 g/mol. The number of anilines is 1. The number of nitrogens with zero attached hydrogens (tertiary/aromatic N) is 1. The molecule has 3 unspecified atom stereocenters. The van der Waals surface area contributed by atoms with Crippen LogP contribution in [0.1, 0.15) is 20.3 Å². The van der Waals surface area contributed by atoms with E-state index in [4.69, 9.17) is 0 Å². The van der Waals surface area contributed by atoms with Crippen molar-refractivity contribution in [1.82, 2.24) is 5.32 Å². The van der Waals surface area contributed by atoms with Crippen molar-refractivity contribution in [2.75, 3.05) is 18.5 Å². The van der Waals surface area contributed by atoms with Gasteiger partial charge in [0.15, 0.2) is 11.6 Å². The van der Waals surface area contributed by atoms with Crippen molar-refractivity contribution in [2.45, 2.75) is 32.4 Å². The number of nitrogens with one attached hydrogen (secondary N) is 1. The molecular weight excluding hydrogens is 253 g/mol. The van der Waals surface area contributed by atoms with Gasteiger partial charge < -0.3 is 10.2 Å². The summed E-state index contributed by atoms with van der Waals surface area (Å²) in [6.45, 7) is 4.55. The molecule has 1 heterocycles. The second-order valence-corrected chi connectivity index (χ2v) is 5.19. The fourth-order valence-corrected chi connectivity index (χ4v) is 2.90. The third kappa shape index (κ3) is 2.56. The van der Waals surface area contributed by atoms with E-state index < -0.39 is 17.5 Å². The lowest BCUT2D eigenvalue weighted by atomic mass is 9.86. The van der Waals surface area contributed by atoms with Crippen molar-refractivity contribution in [3.05, 3.63) is 29.6 Å². The highest BCUT2D eigenvalue weighted by molar-refractivity contribution is 5.51. The van der Waals surface area contributed by atoms with Crippen LogP contribution in [-0.4, -0.2) is 25.7 Å². The Morgan fingerprint density at radius 3 is 2.26 bits per heavy atom. The van der Waals surface area contributed by atoms with Crippen LogP contribution in [0, 0.1) is 23.4 Å². The maximum absolute atomic E-state index is 13.8. The number of hydrogen-bond donors (Lipinski definition) is 1. The van der Waals surface area contributed by atoms with Crippen molar-refractivity contribution in [3.8, 4) is 0 Å². The summed E-state index contributed by atoms with van der Waals surface area (Å²) in [4.78, 5) is 1.70. The van der Waals surface area contributed by atoms with Crippen LogP contribution < -0.4 is 10.2 Å². The summed E-state index contributed by atoms with van der Waals surface area (Å²) >= 11 is 0. The van der Waals surface area contributed by atoms with E-state index in [1.807, 2.05) is 14.0 Å². The first kappa shape index (κ1) is 14.2. The summed E-state index contributed by atoms with van der Waals surface area (Å²) in [7, 11) is 1.89. The lowest BCUT2D eigenvalue weighted by molar-refractivity contribution is 0.279. The fourth-order valence-electron chi connectivity index (χ4n) is 2.90. The quantitative estimate of drug-likeness (QED) is 0.890. The second-order valence-electron chi connectivity index (χ2n) is 5.19. The molecule has 1 fully saturated rings. The van der Waals surface area contributed by atoms with Crippen LogP contribution in [0.15, 0.2) is 12.1 Å². The van der Waals surface area contributed by atoms with Crippen LogP contribution in [0.4, 0.5) is 18.9 Å². The molecule has 0 aliphatic carbocycles. The van der Waals surface area contributed by atoms with E-state index in [9.17, 15) is 13.2 Å². The van der Waals surface area contributed by atoms with Gasteiger partial charge in [0.05, 0.1) is 0 Å². The minimum Gasteiger partial charge on any atom is -0.364 e. The first-order chi connectivity index (χ1) is 8.95. The van der Waals surface area contributed by atoms with E-state index in [1.54, 1.807) is 4.90 Å². The van der Waals surface area contributed by atoms with Gasteiger partial charge in [-0.1, -0.05) is 6.92 Å². The predicted molar refractivity (Wildman–Crippen MR) is 69.8 cm³/mol. The van der Waals surface area contributed by atoms with Crippen molar-refractivity contribution in [1.29, 1.82) is 0 Å². The van der Waals surface area contributed by atoms with Gasteiger partial charge in [-0.25, -0.2) is 13.2 Å². The van der Waals surface area contributed by atoms with Crippen molar-refractivity contribution in [2.24, 2.45) is 5.92 Å². The first-order valence-electron chi connectivity index (χ1n) is 6.54. The van der Waals surface area contributed by atoms with Crippen LogP contribution in [0.2, 0.25) is 0 Å². The molecule has 3 atom stereocenters. The molecule has 0 aromatic heterocycles. The van der Waals surface area contributed by atoms with Gasteiger partial charge >= 0.3 is 0 Å². The molecule has 1 saturated heterocycles. The number of rotatable bonds is 2. The van der Waals surface area contributed by atoms with Crippen molar-refractivity contribution in [3.63, 3.8) is 0 Å². The molecule has 0 amide bonds. The number of piperidine rings is 1. The van der Waals surface area contributed by atoms with E-state index in [-0.39, 0.29) is 17.6 Å². The molecule has 1 aromatic rings. The lowest BCUT2D eigenvalue weighted by Crippen LogP contribution is -2.53. The fraction of sp³-hybridized carbons (Fsp3) is 0.571. The highest BCUT2D eigenvalue weighted by Crippen LogP contribution is 2.32. The van der Waals surface area contributed by atoms with E-state index in [0.29, 0.717) is 12.6 Å². The maximum atomic E-state index is 13.8. The Morgan fingerprint density at radius 2 is 1.74 bits per heavy atom. The molecule has 1 aliphatic rings. The molecule has 0 radical (unpaired) electrons. The normalized spacial score (nSPS) is 27.7. The molecule has 19 heavy (non-hydrogen) atoms. The lowest BCUT2D eigenvalue weighted by Gasteiger charge is -2.44. The summed E-state index contributed by atoms with van der Waals surface area (Å²) in [5.74, 6) is -2.30. The Hall–Kier alpha value is -1.23. The van der Waals surface area contributed by atoms with Crippen LogP contribution in [0.25, 0.3) is 0 Å². The van der Waals surface area contributed by atoms with Crippen molar-refractivity contribution < 1.29 is 13.2 Å². The Morgan fingerprint density at radius 1 is 1.16 bits per heavy atom. The molecule has 0 spiro atoms. The Balaban J connectivity index is 2.33. The Labute approximate surface area is 111 Å². The zero-order chi connectivity index (χ0) is 14.2. The summed E-state index contributed by atoms with van der Waals surface area (Å²) < 4.78 is 40.6. The first-order valence-corrected chi connectivity index (χ1v) is 6.54. The second kappa shape index (κ2) is 5.41. The third-order valence-electron chi connectivity index (χ3n) is 4.21. The highest BCUT2D eigenvalue weighted by Gasteiger charge is 2.34. The Bertz CT molecular complexity index is 441. The zero-order valence-corrected chi connectivity index (χ0v) is 11.4. The minimum absolute atomic E-state index is 0.0133. The van der Waals surface area contributed by atoms with Gasteiger partial charge in [-0.05, 0) is 26.3 Å². The van der Waals surface area contributed by atoms with E-state index in [1.165, 1.54) is 0 Å². The molecule has 1 aliphatic heterocycles. The summed E-state index contributed by atoms with van der Waals surface area (Å²) in [6.07, 6.45) is 0.804. The monoisotopic (exact) mass is 272 g/mol. The molecule has 5 heteroatoms. The van der Waals surface area contributed by atoms with Gasteiger partial charge in [-0.2, -0.15) is 0 Å². The van der Waals surface area contributed by atoms with Crippen LogP contribution >= 0.6 is 0 Å². The summed E-state index contributed by atoms with van der Waals surface area (Å²) in [5, 5.41) is 3.22. The van der Waals surface area contributed by atoms with Gasteiger partial charge in [0.25, 0.3) is 0 Å². The Kier molecular flexibility index (Phi) is 4.04. The highest BCUT2D eigenvalue weighted by atomic mass is 19.1. The van der Waals surface area contributed by atoms with Crippen LogP contribution in [0.5, 0.6) is 0 Å². The van der Waals surface area contributed by atoms with E-state index in [2.05, 4.69) is 12.2 Å². The van der Waals surface area contributed by atoms with Gasteiger partial charge in [0.2, 0.25) is 0 Å². The largest absolute Gasteiger partial charge is 0.364 e. The predicted octanol–water partition coefficient (Wildman–Crippen LogP) is 2.93. The molecule has 2 rings (SSSR count). The standard InChI is InChI=1S/C14H19F3N2/c1-8-9(2)19(5-4-13(8)18-3)14-11(16)6-10(15)7-12(14)17/h6-9,13,18H,4-5H2,1-3H3. The molecule has 0 saturated carbocycles. The van der Waals surface area contributed by atoms with Crippen molar-refractivity contribution >= 4 is 5.69 Å². The molecule has 106 valence electrons. The smallest absolute Gasteiger partial charge is 0.152 e. The molecule has 2 nitrogen and oxygen atoms in total. The van der Waals surface area contributed by atoms with Crippen LogP contribution in [-0.2, 0) is 0 Å². The summed E-state index contributed by atoms with van der Waals surface area (Å²) in [5.41, 5.74) is -0.115. The van der Waals surface area contributed by atoms with E-state index in [0.717, 1.165) is 18.6 Å². The number of benzene rings is 1. The average Bonchev–Trinajstić information content (AvgIpc) is 2.33. The number of halogens is 3. The molecule has 0 bridgehead atoms. The maximum Gasteiger partial charge on any atom is 0.152 e. The number of hydrogen-bond acceptors (Lipinski definition) is 2. The van der Waals surface area contributed by atoms with E-state index >= 15 is 0 Å². The molecule has 1 aromatic carbocycles. The van der Waals surface area contributed by atoms with Gasteiger partial charge in [0.1, 0.15) is 11.5 Å². The molecule has 1 N–H and O–H groups in total. The third-order valence-corrected chi connectivity index (χ3v) is 4.21.